The van der Waals surface area contributed by atoms with E-state index in [-0.39, 0.29) is 0 Å². The highest BCUT2D eigenvalue weighted by Crippen LogP contribution is 2.38. The molecule has 2 aromatic rings. The highest BCUT2D eigenvalue weighted by atomic mass is 32.1. The third-order valence-electron chi connectivity index (χ3n) is 4.07. The molecular weight excluding hydrogens is 268 g/mol. The maximum atomic E-state index is 5.64. The van der Waals surface area contributed by atoms with E-state index in [0.29, 0.717) is 12.1 Å². The normalized spacial score (nSPS) is 24.6. The number of thiazole rings is 1. The van der Waals surface area contributed by atoms with Gasteiger partial charge in [-0.05, 0) is 31.4 Å². The Morgan fingerprint density at radius 2 is 1.90 bits per heavy atom. The molecule has 0 spiro atoms. The number of hydrogen-bond donors (Lipinski definition) is 0. The first-order valence-corrected chi connectivity index (χ1v) is 8.37. The smallest absolute Gasteiger partial charge is 0.187 e. The summed E-state index contributed by atoms with van der Waals surface area (Å²) in [6, 6.07) is 7.52. The van der Waals surface area contributed by atoms with E-state index in [4.69, 9.17) is 9.72 Å². The largest absolute Gasteiger partial charge is 0.377 e. The highest BCUT2D eigenvalue weighted by Gasteiger charge is 2.38. The van der Waals surface area contributed by atoms with E-state index >= 15 is 0 Å². The van der Waals surface area contributed by atoms with Gasteiger partial charge in [-0.1, -0.05) is 37.3 Å². The third kappa shape index (κ3) is 2.21. The molecule has 2 aliphatic rings. The van der Waals surface area contributed by atoms with E-state index in [0.717, 1.165) is 13.2 Å². The molecule has 1 unspecified atom stereocenters. The van der Waals surface area contributed by atoms with E-state index in [9.17, 15) is 0 Å². The van der Waals surface area contributed by atoms with Crippen molar-refractivity contribution >= 4 is 26.7 Å². The van der Waals surface area contributed by atoms with E-state index in [1.54, 1.807) is 0 Å². The van der Waals surface area contributed by atoms with Crippen molar-refractivity contribution in [3.05, 3.63) is 23.8 Å². The van der Waals surface area contributed by atoms with Gasteiger partial charge in [-0.25, -0.2) is 4.98 Å². The van der Waals surface area contributed by atoms with E-state index in [1.165, 1.54) is 33.8 Å². The minimum Gasteiger partial charge on any atom is -0.377 e. The van der Waals surface area contributed by atoms with Crippen LogP contribution in [0.1, 0.15) is 32.3 Å². The Balaban J connectivity index is 0.000000581. The Morgan fingerprint density at radius 3 is 2.55 bits per heavy atom. The number of anilines is 1. The second kappa shape index (κ2) is 5.70. The summed E-state index contributed by atoms with van der Waals surface area (Å²) in [7, 11) is 0. The Hall–Kier alpha value is -1.13. The molecule has 20 heavy (non-hydrogen) atoms. The Kier molecular flexibility index (Phi) is 3.94. The van der Waals surface area contributed by atoms with Gasteiger partial charge in [0.25, 0.3) is 0 Å². The van der Waals surface area contributed by atoms with Crippen LogP contribution in [0.15, 0.2) is 18.2 Å². The van der Waals surface area contributed by atoms with Crippen molar-refractivity contribution in [2.24, 2.45) is 0 Å². The molecule has 2 aliphatic heterocycles. The molecule has 4 heteroatoms. The fourth-order valence-corrected chi connectivity index (χ4v) is 4.31. The first-order chi connectivity index (χ1) is 9.83. The number of para-hydroxylation sites is 1. The predicted octanol–water partition coefficient (Wildman–Crippen LogP) is 4.00. The number of nitrogens with zero attached hydrogens (tertiary/aromatic N) is 2. The molecule has 3 nitrogen and oxygen atoms in total. The maximum absolute atomic E-state index is 5.64. The average Bonchev–Trinajstić information content (AvgIpc) is 3.00. The molecule has 108 valence electrons. The lowest BCUT2D eigenvalue weighted by Gasteiger charge is -2.34. The third-order valence-corrected chi connectivity index (χ3v) is 5.10. The number of hydrogen-bond acceptors (Lipinski definition) is 4. The van der Waals surface area contributed by atoms with Crippen LogP contribution in [0.4, 0.5) is 5.13 Å². The number of rotatable bonds is 1. The number of morpholine rings is 1. The van der Waals surface area contributed by atoms with Gasteiger partial charge in [-0.2, -0.15) is 0 Å². The van der Waals surface area contributed by atoms with Crippen LogP contribution >= 0.6 is 11.3 Å². The molecule has 1 aromatic heterocycles. The molecule has 0 saturated carbocycles. The molecule has 0 N–H and O–H groups in total. The zero-order valence-corrected chi connectivity index (χ0v) is 13.2. The standard InChI is InChI=1S/C14H16N2OS.C2H6/c1-9-3-2-4-12-13(9)15-14(18-12)16-10-5-6-11(16)8-17-7-10;1-2/h2-4,10-11H,5-8H2,1H3;1-2H3/t10-,11?;/m0./s1. The summed E-state index contributed by atoms with van der Waals surface area (Å²) in [6.07, 6.45) is 2.50. The van der Waals surface area contributed by atoms with Crippen molar-refractivity contribution in [3.8, 4) is 0 Å². The molecule has 3 heterocycles. The Labute approximate surface area is 124 Å². The number of ether oxygens (including phenoxy) is 1. The molecule has 0 radical (unpaired) electrons. The van der Waals surface area contributed by atoms with Crippen LogP contribution in [0.5, 0.6) is 0 Å². The molecule has 2 atom stereocenters. The molecule has 4 rings (SSSR count). The highest BCUT2D eigenvalue weighted by molar-refractivity contribution is 7.22. The first kappa shape index (κ1) is 13.8. The van der Waals surface area contributed by atoms with Crippen molar-refractivity contribution in [2.45, 2.75) is 45.7 Å². The van der Waals surface area contributed by atoms with E-state index in [1.807, 2.05) is 25.2 Å². The number of benzene rings is 1. The van der Waals surface area contributed by atoms with Gasteiger partial charge in [-0.15, -0.1) is 0 Å². The average molecular weight is 290 g/mol. The van der Waals surface area contributed by atoms with Gasteiger partial charge in [0.15, 0.2) is 5.13 Å². The fourth-order valence-electron chi connectivity index (χ4n) is 3.13. The SMILES string of the molecule is CC.Cc1cccc2sc(N3C4CC[C@H]3COC4)nc12. The van der Waals surface area contributed by atoms with Gasteiger partial charge in [0.2, 0.25) is 0 Å². The molecule has 1 aromatic carbocycles. The van der Waals surface area contributed by atoms with Crippen LogP contribution in [-0.4, -0.2) is 30.3 Å². The minimum absolute atomic E-state index is 0.546. The molecular formula is C16H22N2OS. The van der Waals surface area contributed by atoms with Gasteiger partial charge in [0, 0.05) is 0 Å². The van der Waals surface area contributed by atoms with Crippen LogP contribution in [0.2, 0.25) is 0 Å². The van der Waals surface area contributed by atoms with Crippen LogP contribution in [-0.2, 0) is 4.74 Å². The van der Waals surface area contributed by atoms with Gasteiger partial charge in [-0.3, -0.25) is 0 Å². The summed E-state index contributed by atoms with van der Waals surface area (Å²) in [5, 5.41) is 1.19. The summed E-state index contributed by atoms with van der Waals surface area (Å²) in [4.78, 5) is 7.37. The number of aryl methyl sites for hydroxylation is 1. The summed E-state index contributed by atoms with van der Waals surface area (Å²) < 4.78 is 6.94. The van der Waals surface area contributed by atoms with Crippen LogP contribution in [0, 0.1) is 6.92 Å². The molecule has 2 saturated heterocycles. The summed E-state index contributed by atoms with van der Waals surface area (Å²) in [6.45, 7) is 7.87. The van der Waals surface area contributed by atoms with Gasteiger partial charge >= 0.3 is 0 Å². The topological polar surface area (TPSA) is 25.4 Å². The summed E-state index contributed by atoms with van der Waals surface area (Å²) in [5.74, 6) is 0. The lowest BCUT2D eigenvalue weighted by atomic mass is 10.2. The Bertz CT molecular complexity index is 579. The van der Waals surface area contributed by atoms with E-state index < -0.39 is 0 Å². The molecule has 2 bridgehead atoms. The van der Waals surface area contributed by atoms with E-state index in [2.05, 4.69) is 30.0 Å². The van der Waals surface area contributed by atoms with Crippen LogP contribution < -0.4 is 4.90 Å². The van der Waals surface area contributed by atoms with Crippen molar-refractivity contribution in [2.75, 3.05) is 18.1 Å². The second-order valence-electron chi connectivity index (χ2n) is 5.25. The first-order valence-electron chi connectivity index (χ1n) is 7.55. The maximum Gasteiger partial charge on any atom is 0.187 e. The molecule has 0 aliphatic carbocycles. The fraction of sp³-hybridized carbons (Fsp3) is 0.562. The number of fused-ring (bicyclic) bond motifs is 3. The van der Waals surface area contributed by atoms with Crippen molar-refractivity contribution < 1.29 is 4.74 Å². The quantitative estimate of drug-likeness (QED) is 0.794. The van der Waals surface area contributed by atoms with Crippen molar-refractivity contribution in [1.29, 1.82) is 0 Å². The summed E-state index contributed by atoms with van der Waals surface area (Å²) >= 11 is 1.82. The van der Waals surface area contributed by atoms with Crippen molar-refractivity contribution in [3.63, 3.8) is 0 Å². The van der Waals surface area contributed by atoms with Gasteiger partial charge in [0.05, 0.1) is 35.5 Å². The predicted molar refractivity (Wildman–Crippen MR) is 85.8 cm³/mol. The lowest BCUT2D eigenvalue weighted by Crippen LogP contribution is -2.45. The van der Waals surface area contributed by atoms with Crippen LogP contribution in [0.3, 0.4) is 0 Å². The number of aromatic nitrogens is 1. The minimum atomic E-state index is 0.546. The second-order valence-corrected chi connectivity index (χ2v) is 6.26. The zero-order chi connectivity index (χ0) is 14.1. The monoisotopic (exact) mass is 290 g/mol. The van der Waals surface area contributed by atoms with Crippen LogP contribution in [0.25, 0.3) is 10.2 Å². The summed E-state index contributed by atoms with van der Waals surface area (Å²) in [5.41, 5.74) is 2.44. The molecule has 0 amide bonds. The molecule has 2 fully saturated rings. The van der Waals surface area contributed by atoms with Gasteiger partial charge < -0.3 is 9.64 Å². The Morgan fingerprint density at radius 1 is 1.20 bits per heavy atom. The lowest BCUT2D eigenvalue weighted by molar-refractivity contribution is 0.0906. The zero-order valence-electron chi connectivity index (χ0n) is 12.4. The van der Waals surface area contributed by atoms with Crippen molar-refractivity contribution in [1.82, 2.24) is 4.98 Å². The van der Waals surface area contributed by atoms with Gasteiger partial charge in [0.1, 0.15) is 0 Å².